The molecule has 2 rings (SSSR count). The highest BCUT2D eigenvalue weighted by molar-refractivity contribution is 6.32. The molecule has 1 N–H and O–H groups in total. The number of pyridine rings is 1. The molecule has 0 atom stereocenters. The van der Waals surface area contributed by atoms with Crippen molar-refractivity contribution in [2.45, 2.75) is 91.0 Å². The van der Waals surface area contributed by atoms with Crippen LogP contribution in [-0.4, -0.2) is 25.7 Å². The Balaban J connectivity index is 1.54. The number of carbonyl (C=O) groups excluding carboxylic acids is 1. The fourth-order valence-electron chi connectivity index (χ4n) is 3.87. The third kappa shape index (κ3) is 12.8. The Labute approximate surface area is 217 Å². The smallest absolute Gasteiger partial charge is 0.257 e. The van der Waals surface area contributed by atoms with Gasteiger partial charge in [-0.05, 0) is 37.5 Å². The number of amides is 1. The first-order valence-electron chi connectivity index (χ1n) is 13.4. The molecule has 0 fully saturated rings. The monoisotopic (exact) mass is 503 g/mol. The van der Waals surface area contributed by atoms with Crippen molar-refractivity contribution in [1.29, 1.82) is 0 Å². The summed E-state index contributed by atoms with van der Waals surface area (Å²) in [5, 5.41) is 3.34. The van der Waals surface area contributed by atoms with Gasteiger partial charge in [-0.15, -0.1) is 0 Å². The van der Waals surface area contributed by atoms with Crippen molar-refractivity contribution in [2.24, 2.45) is 0 Å². The normalized spacial score (nSPS) is 10.8. The van der Waals surface area contributed by atoms with Gasteiger partial charge >= 0.3 is 0 Å². The number of aromatic nitrogens is 1. The van der Waals surface area contributed by atoms with Crippen LogP contribution in [-0.2, 0) is 17.8 Å². The second-order valence-electron chi connectivity index (χ2n) is 9.05. The van der Waals surface area contributed by atoms with Crippen LogP contribution in [0.25, 0.3) is 0 Å². The van der Waals surface area contributed by atoms with Crippen LogP contribution in [0.5, 0.6) is 11.5 Å². The molecular formula is C29H44ClN2O3+. The van der Waals surface area contributed by atoms with Crippen molar-refractivity contribution in [2.75, 3.05) is 19.8 Å². The number of carbonyl (C=O) groups is 1. The lowest BCUT2D eigenvalue weighted by atomic mass is 10.1. The van der Waals surface area contributed by atoms with Gasteiger partial charge in [0.15, 0.2) is 19.0 Å². The van der Waals surface area contributed by atoms with Crippen molar-refractivity contribution < 1.29 is 18.8 Å². The van der Waals surface area contributed by atoms with Crippen molar-refractivity contribution >= 4 is 17.5 Å². The van der Waals surface area contributed by atoms with Crippen LogP contribution in [0.3, 0.4) is 0 Å². The summed E-state index contributed by atoms with van der Waals surface area (Å²) in [6.45, 7) is 6.50. The van der Waals surface area contributed by atoms with Gasteiger partial charge in [0.1, 0.15) is 18.0 Å². The predicted octanol–water partition coefficient (Wildman–Crippen LogP) is 6.68. The standard InChI is InChI=1S/C29H43ClN2O3/c1-3-5-6-7-8-9-10-11-12-13-22-34-26-14-15-28(27(30)23-26)35-24-29(33)31-19-16-25-17-20-32(4-2)21-18-25/h14-15,17-18,20-21,23H,3-13,16,19,22,24H2,1-2H3/p+1. The Bertz CT molecular complexity index is 842. The molecule has 0 bridgehead atoms. The van der Waals surface area contributed by atoms with E-state index in [1.54, 1.807) is 12.1 Å². The van der Waals surface area contributed by atoms with E-state index in [0.29, 0.717) is 23.9 Å². The Morgan fingerprint density at radius 3 is 2.17 bits per heavy atom. The minimum absolute atomic E-state index is 0.0663. The van der Waals surface area contributed by atoms with Gasteiger partial charge in [0.2, 0.25) is 0 Å². The molecule has 194 valence electrons. The first-order chi connectivity index (χ1) is 17.1. The lowest BCUT2D eigenvalue weighted by Gasteiger charge is -2.11. The number of aryl methyl sites for hydroxylation is 1. The maximum atomic E-state index is 12.1. The van der Waals surface area contributed by atoms with Gasteiger partial charge in [0.25, 0.3) is 5.91 Å². The molecular weight excluding hydrogens is 460 g/mol. The second-order valence-corrected chi connectivity index (χ2v) is 9.46. The van der Waals surface area contributed by atoms with Crippen LogP contribution >= 0.6 is 11.6 Å². The van der Waals surface area contributed by atoms with Gasteiger partial charge in [-0.2, -0.15) is 0 Å². The van der Waals surface area contributed by atoms with Crippen LogP contribution in [0.4, 0.5) is 0 Å². The molecule has 0 saturated carbocycles. The lowest BCUT2D eigenvalue weighted by Crippen LogP contribution is -2.32. The minimum Gasteiger partial charge on any atom is -0.494 e. The van der Waals surface area contributed by atoms with Crippen LogP contribution in [0.15, 0.2) is 42.7 Å². The number of nitrogens with zero attached hydrogens (tertiary/aromatic N) is 1. The molecule has 0 radical (unpaired) electrons. The van der Waals surface area contributed by atoms with Crippen LogP contribution in [0.2, 0.25) is 5.02 Å². The zero-order chi connectivity index (χ0) is 25.1. The molecule has 1 aromatic heterocycles. The highest BCUT2D eigenvalue weighted by Crippen LogP contribution is 2.29. The number of rotatable bonds is 19. The van der Waals surface area contributed by atoms with E-state index in [9.17, 15) is 4.79 Å². The number of nitrogens with one attached hydrogen (secondary N) is 1. The van der Waals surface area contributed by atoms with E-state index in [-0.39, 0.29) is 12.5 Å². The Morgan fingerprint density at radius 2 is 1.54 bits per heavy atom. The molecule has 0 unspecified atom stereocenters. The molecule has 0 spiro atoms. The number of halogens is 1. The lowest BCUT2D eigenvalue weighted by molar-refractivity contribution is -0.693. The number of unbranched alkanes of at least 4 members (excludes halogenated alkanes) is 9. The minimum atomic E-state index is -0.165. The number of hydrogen-bond donors (Lipinski definition) is 1. The van der Waals surface area contributed by atoms with Gasteiger partial charge < -0.3 is 14.8 Å². The third-order valence-electron chi connectivity index (χ3n) is 6.09. The highest BCUT2D eigenvalue weighted by atomic mass is 35.5. The zero-order valence-electron chi connectivity index (χ0n) is 21.7. The van der Waals surface area contributed by atoms with Gasteiger partial charge in [-0.1, -0.05) is 76.3 Å². The predicted molar refractivity (Wildman–Crippen MR) is 143 cm³/mol. The van der Waals surface area contributed by atoms with Crippen LogP contribution < -0.4 is 19.4 Å². The second kappa shape index (κ2) is 18.1. The van der Waals surface area contributed by atoms with E-state index in [1.165, 1.54) is 63.4 Å². The van der Waals surface area contributed by atoms with Crippen molar-refractivity contribution in [3.63, 3.8) is 0 Å². The van der Waals surface area contributed by atoms with E-state index in [1.807, 2.05) is 18.5 Å². The summed E-state index contributed by atoms with van der Waals surface area (Å²) >= 11 is 6.33. The first kappa shape index (κ1) is 29.0. The molecule has 0 saturated heterocycles. The topological polar surface area (TPSA) is 51.4 Å². The summed E-state index contributed by atoms with van der Waals surface area (Å²) in [6.07, 6.45) is 17.9. The molecule has 1 heterocycles. The third-order valence-corrected chi connectivity index (χ3v) is 6.39. The molecule has 0 aliphatic rings. The zero-order valence-corrected chi connectivity index (χ0v) is 22.5. The van der Waals surface area contributed by atoms with E-state index in [2.05, 4.69) is 35.9 Å². The SMILES string of the molecule is CCCCCCCCCCCCOc1ccc(OCC(=O)NCCc2cc[n+](CC)cc2)c(Cl)c1. The van der Waals surface area contributed by atoms with Crippen LogP contribution in [0, 0.1) is 0 Å². The van der Waals surface area contributed by atoms with Crippen molar-refractivity contribution in [1.82, 2.24) is 5.32 Å². The summed E-state index contributed by atoms with van der Waals surface area (Å²) in [7, 11) is 0. The molecule has 0 aliphatic heterocycles. The summed E-state index contributed by atoms with van der Waals surface area (Å²) < 4.78 is 13.5. The largest absolute Gasteiger partial charge is 0.494 e. The van der Waals surface area contributed by atoms with Gasteiger partial charge in [-0.3, -0.25) is 4.79 Å². The Hall–Kier alpha value is -2.27. The number of hydrogen-bond acceptors (Lipinski definition) is 3. The average molecular weight is 504 g/mol. The number of ether oxygens (including phenoxy) is 2. The van der Waals surface area contributed by atoms with Crippen molar-refractivity contribution in [3.8, 4) is 11.5 Å². The molecule has 1 amide bonds. The molecule has 5 nitrogen and oxygen atoms in total. The van der Waals surface area contributed by atoms with Gasteiger partial charge in [-0.25, -0.2) is 4.57 Å². The van der Waals surface area contributed by atoms with Crippen LogP contribution in [0.1, 0.15) is 83.6 Å². The van der Waals surface area contributed by atoms with E-state index < -0.39 is 0 Å². The van der Waals surface area contributed by atoms with E-state index in [4.69, 9.17) is 21.1 Å². The Kier molecular flexibility index (Phi) is 14.9. The molecule has 0 aliphatic carbocycles. The highest BCUT2D eigenvalue weighted by Gasteiger charge is 2.08. The van der Waals surface area contributed by atoms with Gasteiger partial charge in [0.05, 0.1) is 11.6 Å². The molecule has 2 aromatic rings. The maximum absolute atomic E-state index is 12.1. The van der Waals surface area contributed by atoms with E-state index >= 15 is 0 Å². The maximum Gasteiger partial charge on any atom is 0.257 e. The summed E-state index contributed by atoms with van der Waals surface area (Å²) in [5.41, 5.74) is 1.19. The Morgan fingerprint density at radius 1 is 0.886 bits per heavy atom. The van der Waals surface area contributed by atoms with Gasteiger partial charge in [0, 0.05) is 24.7 Å². The molecule has 1 aromatic carbocycles. The van der Waals surface area contributed by atoms with E-state index in [0.717, 1.165) is 25.1 Å². The average Bonchev–Trinajstić information content (AvgIpc) is 2.87. The molecule has 35 heavy (non-hydrogen) atoms. The van der Waals surface area contributed by atoms with Crippen molar-refractivity contribution in [3.05, 3.63) is 53.3 Å². The summed E-state index contributed by atoms with van der Waals surface area (Å²) in [5.74, 6) is 1.05. The fourth-order valence-corrected chi connectivity index (χ4v) is 4.10. The summed E-state index contributed by atoms with van der Waals surface area (Å²) in [6, 6.07) is 9.50. The first-order valence-corrected chi connectivity index (χ1v) is 13.8. The quantitative estimate of drug-likeness (QED) is 0.172. The number of benzene rings is 1. The molecule has 6 heteroatoms. The fraction of sp³-hybridized carbons (Fsp3) is 0.586. The summed E-state index contributed by atoms with van der Waals surface area (Å²) in [4.78, 5) is 12.1.